The largest absolute Gasteiger partial charge is 0.326 e. The van der Waals surface area contributed by atoms with E-state index in [1.807, 2.05) is 60.7 Å². The molecule has 0 radical (unpaired) electrons. The Morgan fingerprint density at radius 1 is 0.778 bits per heavy atom. The van der Waals surface area contributed by atoms with E-state index in [-0.39, 0.29) is 11.8 Å². The van der Waals surface area contributed by atoms with Crippen molar-refractivity contribution in [1.29, 1.82) is 0 Å². The molecule has 0 aliphatic rings. The maximum Gasteiger partial charge on any atom is 0.242 e. The molecule has 0 heterocycles. The van der Waals surface area contributed by atoms with Crippen molar-refractivity contribution in [3.63, 3.8) is 0 Å². The van der Waals surface area contributed by atoms with Crippen molar-refractivity contribution in [1.82, 2.24) is 0 Å². The molecule has 27 heavy (non-hydrogen) atoms. The lowest BCUT2D eigenvalue weighted by Gasteiger charge is -2.17. The lowest BCUT2D eigenvalue weighted by molar-refractivity contribution is -0.116. The van der Waals surface area contributed by atoms with E-state index in [2.05, 4.69) is 10.6 Å². The molecule has 0 saturated carbocycles. The first kappa shape index (κ1) is 18.7. The Morgan fingerprint density at radius 2 is 1.37 bits per heavy atom. The van der Waals surface area contributed by atoms with E-state index < -0.39 is 5.25 Å². The number of hydrogen-bond donors (Lipinski definition) is 2. The number of benzene rings is 3. The minimum atomic E-state index is -0.391. The highest BCUT2D eigenvalue weighted by atomic mass is 32.2. The molecule has 0 aliphatic heterocycles. The first-order valence-electron chi connectivity index (χ1n) is 8.57. The van der Waals surface area contributed by atoms with Crippen LogP contribution in [0.5, 0.6) is 0 Å². The molecular formula is C22H20N2O2S. The molecule has 0 bridgehead atoms. The van der Waals surface area contributed by atoms with Gasteiger partial charge in [-0.2, -0.15) is 0 Å². The predicted molar refractivity (Wildman–Crippen MR) is 111 cm³/mol. The average Bonchev–Trinajstić information content (AvgIpc) is 2.67. The van der Waals surface area contributed by atoms with Crippen LogP contribution in [-0.2, 0) is 9.59 Å². The molecule has 2 N–H and O–H groups in total. The fraction of sp³-hybridized carbons (Fsp3) is 0.0909. The van der Waals surface area contributed by atoms with Crippen molar-refractivity contribution in [3.05, 3.63) is 90.5 Å². The van der Waals surface area contributed by atoms with Crippen molar-refractivity contribution in [2.24, 2.45) is 0 Å². The van der Waals surface area contributed by atoms with Gasteiger partial charge in [0.25, 0.3) is 0 Å². The van der Waals surface area contributed by atoms with Crippen LogP contribution in [0, 0.1) is 0 Å². The van der Waals surface area contributed by atoms with Crippen molar-refractivity contribution in [2.75, 3.05) is 10.6 Å². The van der Waals surface area contributed by atoms with Crippen LogP contribution >= 0.6 is 11.8 Å². The van der Waals surface area contributed by atoms with Gasteiger partial charge in [0.05, 0.1) is 0 Å². The summed E-state index contributed by atoms with van der Waals surface area (Å²) in [5.74, 6) is -0.268. The number of amides is 2. The predicted octanol–water partition coefficient (Wildman–Crippen LogP) is 5.12. The van der Waals surface area contributed by atoms with Crippen LogP contribution in [-0.4, -0.2) is 11.8 Å². The van der Waals surface area contributed by atoms with Crippen molar-refractivity contribution >= 4 is 35.0 Å². The molecule has 3 aromatic rings. The van der Waals surface area contributed by atoms with E-state index in [1.165, 1.54) is 18.7 Å². The Kier molecular flexibility index (Phi) is 6.28. The Hall–Kier alpha value is -3.05. The third-order valence-electron chi connectivity index (χ3n) is 3.79. The fourth-order valence-corrected chi connectivity index (χ4v) is 3.67. The maximum atomic E-state index is 13.0. The van der Waals surface area contributed by atoms with Gasteiger partial charge in [-0.15, -0.1) is 11.8 Å². The molecular weight excluding hydrogens is 356 g/mol. The molecule has 0 saturated heterocycles. The van der Waals surface area contributed by atoms with Gasteiger partial charge in [0.2, 0.25) is 11.8 Å². The second kappa shape index (κ2) is 9.05. The van der Waals surface area contributed by atoms with Gasteiger partial charge in [0.1, 0.15) is 5.25 Å². The molecule has 3 rings (SSSR count). The summed E-state index contributed by atoms with van der Waals surface area (Å²) in [5, 5.41) is 5.30. The van der Waals surface area contributed by atoms with Crippen molar-refractivity contribution < 1.29 is 9.59 Å². The molecule has 0 aliphatic carbocycles. The SMILES string of the molecule is CC(=O)Nc1cccc(NC(=O)[C@H](Sc2ccccc2)c2ccccc2)c1. The van der Waals surface area contributed by atoms with Gasteiger partial charge < -0.3 is 10.6 Å². The summed E-state index contributed by atoms with van der Waals surface area (Å²) in [6.45, 7) is 1.45. The fourth-order valence-electron chi connectivity index (χ4n) is 2.62. The molecule has 4 nitrogen and oxygen atoms in total. The van der Waals surface area contributed by atoms with Crippen LogP contribution in [0.2, 0.25) is 0 Å². The van der Waals surface area contributed by atoms with Gasteiger partial charge in [-0.05, 0) is 35.9 Å². The molecule has 1 atom stereocenters. The molecule has 2 amide bonds. The monoisotopic (exact) mass is 376 g/mol. The van der Waals surface area contributed by atoms with Crippen LogP contribution < -0.4 is 10.6 Å². The number of anilines is 2. The molecule has 136 valence electrons. The van der Waals surface area contributed by atoms with Gasteiger partial charge in [-0.25, -0.2) is 0 Å². The summed E-state index contributed by atoms with van der Waals surface area (Å²) in [7, 11) is 0. The molecule has 0 unspecified atom stereocenters. The van der Waals surface area contributed by atoms with Gasteiger partial charge >= 0.3 is 0 Å². The average molecular weight is 376 g/mol. The van der Waals surface area contributed by atoms with E-state index in [9.17, 15) is 9.59 Å². The zero-order valence-corrected chi connectivity index (χ0v) is 15.7. The van der Waals surface area contributed by atoms with Gasteiger partial charge in [0, 0.05) is 23.2 Å². The minimum absolute atomic E-state index is 0.116. The number of carbonyl (C=O) groups is 2. The third-order valence-corrected chi connectivity index (χ3v) is 5.05. The van der Waals surface area contributed by atoms with E-state index in [4.69, 9.17) is 0 Å². The number of hydrogen-bond acceptors (Lipinski definition) is 3. The van der Waals surface area contributed by atoms with E-state index >= 15 is 0 Å². The first-order chi connectivity index (χ1) is 13.1. The minimum Gasteiger partial charge on any atom is -0.326 e. The Balaban J connectivity index is 1.82. The number of thioether (sulfide) groups is 1. The van der Waals surface area contributed by atoms with E-state index in [0.29, 0.717) is 11.4 Å². The molecule has 0 aromatic heterocycles. The van der Waals surface area contributed by atoms with Crippen molar-refractivity contribution in [2.45, 2.75) is 17.1 Å². The summed E-state index contributed by atoms with van der Waals surface area (Å²) >= 11 is 1.50. The lowest BCUT2D eigenvalue weighted by Crippen LogP contribution is -2.19. The van der Waals surface area contributed by atoms with Gasteiger partial charge in [-0.3, -0.25) is 9.59 Å². The third kappa shape index (κ3) is 5.46. The highest BCUT2D eigenvalue weighted by Crippen LogP contribution is 2.36. The Labute approximate surface area is 163 Å². The van der Waals surface area contributed by atoms with E-state index in [1.54, 1.807) is 24.3 Å². The van der Waals surface area contributed by atoms with Gasteiger partial charge in [-0.1, -0.05) is 54.6 Å². The maximum absolute atomic E-state index is 13.0. The second-order valence-corrected chi connectivity index (χ2v) is 7.15. The smallest absolute Gasteiger partial charge is 0.242 e. The van der Waals surface area contributed by atoms with Crippen LogP contribution in [0.15, 0.2) is 89.8 Å². The van der Waals surface area contributed by atoms with Crippen LogP contribution in [0.25, 0.3) is 0 Å². The number of rotatable bonds is 6. The van der Waals surface area contributed by atoms with Crippen LogP contribution in [0.1, 0.15) is 17.7 Å². The highest BCUT2D eigenvalue weighted by molar-refractivity contribution is 8.00. The first-order valence-corrected chi connectivity index (χ1v) is 9.45. The number of nitrogens with one attached hydrogen (secondary N) is 2. The summed E-state index contributed by atoms with van der Waals surface area (Å²) in [4.78, 5) is 25.3. The second-order valence-electron chi connectivity index (χ2n) is 5.97. The van der Waals surface area contributed by atoms with Crippen molar-refractivity contribution in [3.8, 4) is 0 Å². The standard InChI is InChI=1S/C22H20N2O2S/c1-16(25)23-18-11-8-12-19(15-18)24-22(26)21(17-9-4-2-5-10-17)27-20-13-6-3-7-14-20/h2-15,21H,1H3,(H,23,25)(H,24,26)/t21-/m1/s1. The Bertz CT molecular complexity index is 914. The zero-order valence-electron chi connectivity index (χ0n) is 14.9. The summed E-state index contributed by atoms with van der Waals surface area (Å²) in [5.41, 5.74) is 2.22. The molecule has 0 fully saturated rings. The van der Waals surface area contributed by atoms with Crippen LogP contribution in [0.4, 0.5) is 11.4 Å². The normalized spacial score (nSPS) is 11.4. The van der Waals surface area contributed by atoms with Crippen LogP contribution in [0.3, 0.4) is 0 Å². The lowest BCUT2D eigenvalue weighted by atomic mass is 10.1. The summed E-state index contributed by atoms with van der Waals surface area (Å²) in [6.07, 6.45) is 0. The summed E-state index contributed by atoms with van der Waals surface area (Å²) < 4.78 is 0. The quantitative estimate of drug-likeness (QED) is 0.587. The highest BCUT2D eigenvalue weighted by Gasteiger charge is 2.22. The molecule has 0 spiro atoms. The summed E-state index contributed by atoms with van der Waals surface area (Å²) in [6, 6.07) is 26.7. The topological polar surface area (TPSA) is 58.2 Å². The number of carbonyl (C=O) groups excluding carboxylic acids is 2. The Morgan fingerprint density at radius 3 is 2.00 bits per heavy atom. The zero-order chi connectivity index (χ0) is 19.1. The van der Waals surface area contributed by atoms with Gasteiger partial charge in [0.15, 0.2) is 0 Å². The molecule has 5 heteroatoms. The van der Waals surface area contributed by atoms with E-state index in [0.717, 1.165) is 10.5 Å². The molecule has 3 aromatic carbocycles.